The van der Waals surface area contributed by atoms with Crippen molar-refractivity contribution < 1.29 is 13.6 Å². The van der Waals surface area contributed by atoms with Crippen molar-refractivity contribution in [3.8, 4) is 0 Å². The lowest BCUT2D eigenvalue weighted by molar-refractivity contribution is -0.122. The summed E-state index contributed by atoms with van der Waals surface area (Å²) in [6.45, 7) is 0.984. The molecule has 0 aromatic heterocycles. The van der Waals surface area contributed by atoms with Crippen molar-refractivity contribution in [2.75, 3.05) is 6.54 Å². The minimum atomic E-state index is -0.631. The third kappa shape index (κ3) is 3.23. The van der Waals surface area contributed by atoms with Gasteiger partial charge in [0.15, 0.2) is 0 Å². The van der Waals surface area contributed by atoms with Gasteiger partial charge in [-0.2, -0.15) is 0 Å². The van der Waals surface area contributed by atoms with Crippen molar-refractivity contribution in [1.82, 2.24) is 10.6 Å². The number of carbonyl (C=O) groups is 1. The Morgan fingerprint density at radius 3 is 2.65 bits per heavy atom. The minimum absolute atomic E-state index is 0.118. The van der Waals surface area contributed by atoms with Crippen molar-refractivity contribution in [2.24, 2.45) is 0 Å². The maximum atomic E-state index is 12.9. The summed E-state index contributed by atoms with van der Waals surface area (Å²) in [6, 6.07) is 3.06. The van der Waals surface area contributed by atoms with Gasteiger partial charge in [0, 0.05) is 12.6 Å². The van der Waals surface area contributed by atoms with Crippen molar-refractivity contribution in [1.29, 1.82) is 0 Å². The van der Waals surface area contributed by atoms with Crippen LogP contribution in [0.1, 0.15) is 18.4 Å². The lowest BCUT2D eigenvalue weighted by Gasteiger charge is -2.11. The predicted molar refractivity (Wildman–Crippen MR) is 59.2 cm³/mol. The van der Waals surface area contributed by atoms with Crippen molar-refractivity contribution in [3.05, 3.63) is 35.4 Å². The number of nitrogens with one attached hydrogen (secondary N) is 2. The van der Waals surface area contributed by atoms with E-state index >= 15 is 0 Å². The molecule has 92 valence electrons. The summed E-state index contributed by atoms with van der Waals surface area (Å²) in [5.74, 6) is -1.38. The Balaban J connectivity index is 1.90. The van der Waals surface area contributed by atoms with E-state index in [4.69, 9.17) is 0 Å². The zero-order valence-electron chi connectivity index (χ0n) is 9.30. The first-order valence-electron chi connectivity index (χ1n) is 5.61. The summed E-state index contributed by atoms with van der Waals surface area (Å²) >= 11 is 0. The van der Waals surface area contributed by atoms with Crippen molar-refractivity contribution >= 4 is 5.91 Å². The molecule has 0 radical (unpaired) electrons. The molecule has 1 amide bonds. The molecule has 1 heterocycles. The maximum absolute atomic E-state index is 12.9. The average Bonchev–Trinajstić information content (AvgIpc) is 2.78. The van der Waals surface area contributed by atoms with Crippen LogP contribution in [0, 0.1) is 11.6 Å². The third-order valence-corrected chi connectivity index (χ3v) is 2.77. The van der Waals surface area contributed by atoms with Crippen LogP contribution in [-0.4, -0.2) is 18.5 Å². The number of amides is 1. The first kappa shape index (κ1) is 12.0. The summed E-state index contributed by atoms with van der Waals surface area (Å²) < 4.78 is 25.8. The second-order valence-corrected chi connectivity index (χ2v) is 4.14. The molecule has 5 heteroatoms. The Morgan fingerprint density at radius 1 is 1.35 bits per heavy atom. The molecule has 1 fully saturated rings. The van der Waals surface area contributed by atoms with Crippen molar-refractivity contribution in [3.63, 3.8) is 0 Å². The topological polar surface area (TPSA) is 41.1 Å². The molecule has 1 aliphatic heterocycles. The van der Waals surface area contributed by atoms with Crippen LogP contribution in [0.25, 0.3) is 0 Å². The Labute approximate surface area is 98.2 Å². The summed E-state index contributed by atoms with van der Waals surface area (Å²) in [5, 5.41) is 5.72. The van der Waals surface area contributed by atoms with Crippen LogP contribution in [0.4, 0.5) is 8.78 Å². The second-order valence-electron chi connectivity index (χ2n) is 4.14. The van der Waals surface area contributed by atoms with Gasteiger partial charge < -0.3 is 10.6 Å². The van der Waals surface area contributed by atoms with Crippen molar-refractivity contribution in [2.45, 2.75) is 25.4 Å². The molecule has 1 aromatic rings. The predicted octanol–water partition coefficient (Wildman–Crippen LogP) is 1.33. The molecule has 1 saturated heterocycles. The fraction of sp³-hybridized carbons (Fsp3) is 0.417. The van der Waals surface area contributed by atoms with Gasteiger partial charge in [-0.15, -0.1) is 0 Å². The van der Waals surface area contributed by atoms with Crippen LogP contribution in [-0.2, 0) is 11.3 Å². The Morgan fingerprint density at radius 2 is 2.06 bits per heavy atom. The molecule has 0 bridgehead atoms. The Kier molecular flexibility index (Phi) is 3.68. The molecule has 0 spiro atoms. The van der Waals surface area contributed by atoms with Gasteiger partial charge >= 0.3 is 0 Å². The molecule has 0 aliphatic carbocycles. The standard InChI is InChI=1S/C12H14F2N2O/c13-9-4-8(5-10(14)6-9)7-16-12(17)11-2-1-3-15-11/h4-6,11,15H,1-3,7H2,(H,16,17). The van der Waals surface area contributed by atoms with Crippen LogP contribution in [0.3, 0.4) is 0 Å². The number of halogens is 2. The smallest absolute Gasteiger partial charge is 0.237 e. The Hall–Kier alpha value is -1.49. The van der Waals surface area contributed by atoms with Gasteiger partial charge in [-0.3, -0.25) is 4.79 Å². The van der Waals surface area contributed by atoms with E-state index in [2.05, 4.69) is 10.6 Å². The highest BCUT2D eigenvalue weighted by Gasteiger charge is 2.21. The molecule has 1 unspecified atom stereocenters. The molecule has 1 aromatic carbocycles. The van der Waals surface area contributed by atoms with Gasteiger partial charge in [0.1, 0.15) is 11.6 Å². The highest BCUT2D eigenvalue weighted by atomic mass is 19.1. The van der Waals surface area contributed by atoms with Gasteiger partial charge in [-0.1, -0.05) is 0 Å². The fourth-order valence-electron chi connectivity index (χ4n) is 1.93. The largest absolute Gasteiger partial charge is 0.351 e. The normalized spacial score (nSPS) is 19.3. The number of hydrogen-bond donors (Lipinski definition) is 2. The fourth-order valence-corrected chi connectivity index (χ4v) is 1.93. The number of carbonyl (C=O) groups excluding carboxylic acids is 1. The van der Waals surface area contributed by atoms with Crippen LogP contribution < -0.4 is 10.6 Å². The highest BCUT2D eigenvalue weighted by Crippen LogP contribution is 2.09. The van der Waals surface area contributed by atoms with E-state index in [0.29, 0.717) is 5.56 Å². The summed E-state index contributed by atoms with van der Waals surface area (Å²) in [5.41, 5.74) is 0.425. The molecule has 17 heavy (non-hydrogen) atoms. The van der Waals surface area contributed by atoms with Gasteiger partial charge in [0.25, 0.3) is 0 Å². The summed E-state index contributed by atoms with van der Waals surface area (Å²) in [4.78, 5) is 11.6. The quantitative estimate of drug-likeness (QED) is 0.837. The second kappa shape index (κ2) is 5.23. The van der Waals surface area contributed by atoms with Gasteiger partial charge in [0.2, 0.25) is 5.91 Å². The van der Waals surface area contributed by atoms with Gasteiger partial charge in [0.05, 0.1) is 6.04 Å². The number of rotatable bonds is 3. The monoisotopic (exact) mass is 240 g/mol. The summed E-state index contributed by atoms with van der Waals surface area (Å²) in [7, 11) is 0. The van der Waals surface area contributed by atoms with E-state index < -0.39 is 11.6 Å². The average molecular weight is 240 g/mol. The molecule has 0 saturated carbocycles. The Bertz CT molecular complexity index is 397. The van der Waals surface area contributed by atoms with Crippen LogP contribution in [0.2, 0.25) is 0 Å². The van der Waals surface area contributed by atoms with E-state index in [1.54, 1.807) is 0 Å². The first-order valence-corrected chi connectivity index (χ1v) is 5.61. The molecule has 1 aliphatic rings. The van der Waals surface area contributed by atoms with E-state index in [0.717, 1.165) is 25.5 Å². The van der Waals surface area contributed by atoms with E-state index in [1.165, 1.54) is 12.1 Å². The van der Waals surface area contributed by atoms with Gasteiger partial charge in [-0.05, 0) is 37.1 Å². The molecule has 1 atom stereocenters. The molecule has 2 rings (SSSR count). The van der Waals surface area contributed by atoms with Crippen LogP contribution in [0.5, 0.6) is 0 Å². The van der Waals surface area contributed by atoms with Gasteiger partial charge in [-0.25, -0.2) is 8.78 Å². The van der Waals surface area contributed by atoms with E-state index in [-0.39, 0.29) is 18.5 Å². The van der Waals surface area contributed by atoms with Crippen LogP contribution >= 0.6 is 0 Å². The number of hydrogen-bond acceptors (Lipinski definition) is 2. The molecule has 2 N–H and O–H groups in total. The van der Waals surface area contributed by atoms with Crippen LogP contribution in [0.15, 0.2) is 18.2 Å². The molecular formula is C12H14F2N2O. The third-order valence-electron chi connectivity index (χ3n) is 2.77. The zero-order valence-corrected chi connectivity index (χ0v) is 9.30. The minimum Gasteiger partial charge on any atom is -0.351 e. The molecular weight excluding hydrogens is 226 g/mol. The van der Waals surface area contributed by atoms with E-state index in [9.17, 15) is 13.6 Å². The first-order chi connectivity index (χ1) is 8.15. The summed E-state index contributed by atoms with van der Waals surface area (Å²) in [6.07, 6.45) is 1.79. The SMILES string of the molecule is O=C(NCc1cc(F)cc(F)c1)C1CCCN1. The highest BCUT2D eigenvalue weighted by molar-refractivity contribution is 5.81. The molecule has 3 nitrogen and oxygen atoms in total. The van der Waals surface area contributed by atoms with E-state index in [1.807, 2.05) is 0 Å². The maximum Gasteiger partial charge on any atom is 0.237 e. The zero-order chi connectivity index (χ0) is 12.3. The lowest BCUT2D eigenvalue weighted by atomic mass is 10.2. The number of benzene rings is 1. The lowest BCUT2D eigenvalue weighted by Crippen LogP contribution is -2.40.